The lowest BCUT2D eigenvalue weighted by Gasteiger charge is -1.99. The van der Waals surface area contributed by atoms with Crippen LogP contribution >= 0.6 is 11.3 Å². The highest BCUT2D eigenvalue weighted by molar-refractivity contribution is 7.12. The molecule has 1 aromatic heterocycles. The van der Waals surface area contributed by atoms with E-state index in [1.54, 1.807) is 0 Å². The van der Waals surface area contributed by atoms with Crippen LogP contribution in [0.4, 0.5) is 5.69 Å². The molecule has 0 unspecified atom stereocenters. The van der Waals surface area contributed by atoms with Gasteiger partial charge in [-0.25, -0.2) is 4.98 Å². The average molecular weight is 318 g/mol. The predicted molar refractivity (Wildman–Crippen MR) is 94.5 cm³/mol. The number of nitriles is 1. The Morgan fingerprint density at radius 2 is 1.87 bits per heavy atom. The Bertz CT molecular complexity index is 858. The van der Waals surface area contributed by atoms with Gasteiger partial charge in [0.05, 0.1) is 11.4 Å². The quantitative estimate of drug-likeness (QED) is 0.571. The fraction of sp³-hybridized carbons (Fsp3) is 0.0556. The van der Waals surface area contributed by atoms with E-state index in [2.05, 4.69) is 21.6 Å². The van der Waals surface area contributed by atoms with E-state index in [1.807, 2.05) is 66.9 Å². The molecule has 5 heteroatoms. The summed E-state index contributed by atoms with van der Waals surface area (Å²) in [5.74, 6) is 0. The Labute approximate surface area is 138 Å². The second-order valence-corrected chi connectivity index (χ2v) is 5.81. The third kappa shape index (κ3) is 3.62. The summed E-state index contributed by atoms with van der Waals surface area (Å²) in [6, 6.07) is 19.8. The standard InChI is InChI=1S/C18H14N4S/c1-13-7-9-14(10-8-13)17-12-23-18(20-17)16(11-19)22-21-15-5-3-2-4-6-15/h2-10,12,21H,1H3/b22-16+. The molecule has 3 rings (SSSR count). The normalized spacial score (nSPS) is 11.0. The van der Waals surface area contributed by atoms with E-state index in [4.69, 9.17) is 0 Å². The predicted octanol–water partition coefficient (Wildman–Crippen LogP) is 4.46. The maximum atomic E-state index is 9.32. The number of hydrogen-bond acceptors (Lipinski definition) is 5. The van der Waals surface area contributed by atoms with Gasteiger partial charge in [0.15, 0.2) is 10.7 Å². The summed E-state index contributed by atoms with van der Waals surface area (Å²) in [5.41, 5.74) is 7.08. The summed E-state index contributed by atoms with van der Waals surface area (Å²) in [6.45, 7) is 2.05. The zero-order valence-electron chi connectivity index (χ0n) is 12.5. The van der Waals surface area contributed by atoms with E-state index in [0.717, 1.165) is 16.9 Å². The van der Waals surface area contributed by atoms with Gasteiger partial charge < -0.3 is 0 Å². The molecule has 0 spiro atoms. The maximum Gasteiger partial charge on any atom is 0.196 e. The molecule has 0 aliphatic rings. The number of hydrogen-bond donors (Lipinski definition) is 1. The number of aromatic nitrogens is 1. The van der Waals surface area contributed by atoms with Crippen LogP contribution in [0.25, 0.3) is 11.3 Å². The first kappa shape index (κ1) is 14.9. The van der Waals surface area contributed by atoms with E-state index in [1.165, 1.54) is 16.9 Å². The highest BCUT2D eigenvalue weighted by Gasteiger charge is 2.10. The van der Waals surface area contributed by atoms with Crippen LogP contribution in [0.2, 0.25) is 0 Å². The molecule has 0 aliphatic carbocycles. The maximum absolute atomic E-state index is 9.32. The van der Waals surface area contributed by atoms with Crippen LogP contribution in [0.5, 0.6) is 0 Å². The van der Waals surface area contributed by atoms with E-state index in [-0.39, 0.29) is 5.71 Å². The Kier molecular flexibility index (Phi) is 4.46. The highest BCUT2D eigenvalue weighted by Crippen LogP contribution is 2.22. The van der Waals surface area contributed by atoms with Crippen molar-refractivity contribution in [2.75, 3.05) is 5.43 Å². The van der Waals surface area contributed by atoms with Crippen LogP contribution in [0.1, 0.15) is 10.6 Å². The van der Waals surface area contributed by atoms with Crippen LogP contribution in [0.3, 0.4) is 0 Å². The first-order chi connectivity index (χ1) is 11.3. The van der Waals surface area contributed by atoms with Crippen molar-refractivity contribution in [3.8, 4) is 17.3 Å². The molecule has 1 heterocycles. The molecule has 4 nitrogen and oxygen atoms in total. The topological polar surface area (TPSA) is 61.1 Å². The van der Waals surface area contributed by atoms with Gasteiger partial charge in [0.25, 0.3) is 0 Å². The van der Waals surface area contributed by atoms with Crippen molar-refractivity contribution in [3.05, 3.63) is 70.5 Å². The average Bonchev–Trinajstić information content (AvgIpc) is 3.07. The number of hydrazone groups is 1. The minimum Gasteiger partial charge on any atom is -0.277 e. The van der Waals surface area contributed by atoms with Crippen LogP contribution in [0.15, 0.2) is 65.1 Å². The van der Waals surface area contributed by atoms with Crippen molar-refractivity contribution in [2.24, 2.45) is 5.10 Å². The molecule has 0 radical (unpaired) electrons. The Morgan fingerprint density at radius 1 is 1.13 bits per heavy atom. The van der Waals surface area contributed by atoms with E-state index in [9.17, 15) is 5.26 Å². The molecule has 3 aromatic rings. The fourth-order valence-electron chi connectivity index (χ4n) is 1.99. The van der Waals surface area contributed by atoms with Crippen molar-refractivity contribution >= 4 is 22.7 Å². The fourth-order valence-corrected chi connectivity index (χ4v) is 2.76. The van der Waals surface area contributed by atoms with Gasteiger partial charge in [-0.2, -0.15) is 10.4 Å². The van der Waals surface area contributed by atoms with Crippen molar-refractivity contribution in [1.82, 2.24) is 4.98 Å². The van der Waals surface area contributed by atoms with E-state index < -0.39 is 0 Å². The second kappa shape index (κ2) is 6.86. The molecule has 112 valence electrons. The number of anilines is 1. The number of thiazole rings is 1. The summed E-state index contributed by atoms with van der Waals surface area (Å²) < 4.78 is 0. The molecule has 0 amide bonds. The Hall–Kier alpha value is -2.97. The molecule has 0 fully saturated rings. The first-order valence-corrected chi connectivity index (χ1v) is 7.96. The number of rotatable bonds is 4. The molecule has 2 aromatic carbocycles. The Morgan fingerprint density at radius 3 is 2.57 bits per heavy atom. The SMILES string of the molecule is Cc1ccc(-c2csc(/C(C#N)=N/Nc3ccccc3)n2)cc1. The summed E-state index contributed by atoms with van der Waals surface area (Å²) in [4.78, 5) is 4.52. The van der Waals surface area contributed by atoms with Gasteiger partial charge in [0.2, 0.25) is 0 Å². The summed E-state index contributed by atoms with van der Waals surface area (Å²) in [5, 5.41) is 16.0. The van der Waals surface area contributed by atoms with Gasteiger partial charge in [0, 0.05) is 10.9 Å². The van der Waals surface area contributed by atoms with Gasteiger partial charge in [-0.1, -0.05) is 48.0 Å². The molecule has 0 aliphatic heterocycles. The van der Waals surface area contributed by atoms with Crippen molar-refractivity contribution in [1.29, 1.82) is 5.26 Å². The largest absolute Gasteiger partial charge is 0.277 e. The molecule has 23 heavy (non-hydrogen) atoms. The first-order valence-electron chi connectivity index (χ1n) is 7.08. The molecule has 0 saturated heterocycles. The van der Waals surface area contributed by atoms with E-state index in [0.29, 0.717) is 5.01 Å². The van der Waals surface area contributed by atoms with Crippen molar-refractivity contribution < 1.29 is 0 Å². The molecular formula is C18H14N4S. The third-order valence-electron chi connectivity index (χ3n) is 3.23. The van der Waals surface area contributed by atoms with Gasteiger partial charge >= 0.3 is 0 Å². The van der Waals surface area contributed by atoms with Gasteiger partial charge in [-0.15, -0.1) is 11.3 Å². The van der Waals surface area contributed by atoms with Gasteiger partial charge in [-0.05, 0) is 19.1 Å². The molecular weight excluding hydrogens is 304 g/mol. The lowest BCUT2D eigenvalue weighted by molar-refractivity contribution is 1.31. The lowest BCUT2D eigenvalue weighted by Crippen LogP contribution is -2.01. The van der Waals surface area contributed by atoms with Crippen LogP contribution in [-0.2, 0) is 0 Å². The summed E-state index contributed by atoms with van der Waals surface area (Å²) >= 11 is 1.41. The van der Waals surface area contributed by atoms with Gasteiger partial charge in [0.1, 0.15) is 6.07 Å². The van der Waals surface area contributed by atoms with Crippen LogP contribution in [-0.4, -0.2) is 10.7 Å². The molecule has 0 saturated carbocycles. The summed E-state index contributed by atoms with van der Waals surface area (Å²) in [6.07, 6.45) is 0. The van der Waals surface area contributed by atoms with Crippen molar-refractivity contribution in [2.45, 2.75) is 6.92 Å². The Balaban J connectivity index is 1.83. The second-order valence-electron chi connectivity index (χ2n) is 4.95. The minimum absolute atomic E-state index is 0.275. The minimum atomic E-state index is 0.275. The highest BCUT2D eigenvalue weighted by atomic mass is 32.1. The van der Waals surface area contributed by atoms with Crippen molar-refractivity contribution in [3.63, 3.8) is 0 Å². The number of aryl methyl sites for hydroxylation is 1. The lowest BCUT2D eigenvalue weighted by atomic mass is 10.1. The number of nitrogens with one attached hydrogen (secondary N) is 1. The van der Waals surface area contributed by atoms with Crippen LogP contribution in [0, 0.1) is 18.3 Å². The number of benzene rings is 2. The zero-order valence-corrected chi connectivity index (χ0v) is 13.3. The van der Waals surface area contributed by atoms with Gasteiger partial charge in [-0.3, -0.25) is 5.43 Å². The monoisotopic (exact) mass is 318 g/mol. The van der Waals surface area contributed by atoms with Crippen LogP contribution < -0.4 is 5.43 Å². The molecule has 1 N–H and O–H groups in total. The smallest absolute Gasteiger partial charge is 0.196 e. The molecule has 0 bridgehead atoms. The number of para-hydroxylation sites is 1. The van der Waals surface area contributed by atoms with E-state index >= 15 is 0 Å². The summed E-state index contributed by atoms with van der Waals surface area (Å²) in [7, 11) is 0. The number of nitrogens with zero attached hydrogens (tertiary/aromatic N) is 3. The molecule has 0 atom stereocenters. The zero-order chi connectivity index (χ0) is 16.1. The third-order valence-corrected chi connectivity index (χ3v) is 4.08.